The number of benzene rings is 1. The van der Waals surface area contributed by atoms with Gasteiger partial charge in [-0.3, -0.25) is 0 Å². The Bertz CT molecular complexity index is 401. The van der Waals surface area contributed by atoms with Crippen molar-refractivity contribution in [2.24, 2.45) is 5.73 Å². The molecule has 2 N–H and O–H groups in total. The van der Waals surface area contributed by atoms with Crippen LogP contribution in [-0.2, 0) is 20.7 Å². The number of nitrogens with two attached hydrogens (primary N) is 1. The first-order chi connectivity index (χ1) is 9.22. The van der Waals surface area contributed by atoms with Crippen molar-refractivity contribution in [3.63, 3.8) is 0 Å². The van der Waals surface area contributed by atoms with E-state index < -0.39 is 5.97 Å². The van der Waals surface area contributed by atoms with E-state index in [1.54, 1.807) is 0 Å². The molecular formula is C15H21NO3. The lowest BCUT2D eigenvalue weighted by atomic mass is 10.1. The van der Waals surface area contributed by atoms with Crippen molar-refractivity contribution in [1.29, 1.82) is 0 Å². The van der Waals surface area contributed by atoms with Gasteiger partial charge in [-0.05, 0) is 12.0 Å². The minimum atomic E-state index is -0.423. The van der Waals surface area contributed by atoms with Gasteiger partial charge in [0.25, 0.3) is 0 Å². The van der Waals surface area contributed by atoms with Crippen LogP contribution < -0.4 is 5.73 Å². The molecule has 19 heavy (non-hydrogen) atoms. The van der Waals surface area contributed by atoms with E-state index >= 15 is 0 Å². The summed E-state index contributed by atoms with van der Waals surface area (Å²) in [6, 6.07) is 9.74. The van der Waals surface area contributed by atoms with Crippen LogP contribution in [0.25, 0.3) is 0 Å². The fourth-order valence-electron chi connectivity index (χ4n) is 1.52. The molecule has 0 aliphatic rings. The predicted octanol–water partition coefficient (Wildman–Crippen LogP) is 2.04. The van der Waals surface area contributed by atoms with Gasteiger partial charge in [0.1, 0.15) is 6.61 Å². The Hall–Kier alpha value is -1.81. The highest BCUT2D eigenvalue weighted by Crippen LogP contribution is 2.03. The fourth-order valence-corrected chi connectivity index (χ4v) is 1.52. The van der Waals surface area contributed by atoms with E-state index in [0.29, 0.717) is 25.3 Å². The molecule has 0 bridgehead atoms. The van der Waals surface area contributed by atoms with Crippen molar-refractivity contribution in [1.82, 2.24) is 0 Å². The second kappa shape index (κ2) is 9.16. The molecule has 0 saturated heterocycles. The van der Waals surface area contributed by atoms with Crippen molar-refractivity contribution in [3.8, 4) is 0 Å². The third-order valence-corrected chi connectivity index (χ3v) is 2.37. The van der Waals surface area contributed by atoms with E-state index in [1.165, 1.54) is 6.08 Å². The molecule has 0 aliphatic heterocycles. The Balaban J connectivity index is 2.27. The number of ether oxygens (including phenoxy) is 2. The Labute approximate surface area is 114 Å². The van der Waals surface area contributed by atoms with Gasteiger partial charge in [0, 0.05) is 24.8 Å². The van der Waals surface area contributed by atoms with E-state index in [9.17, 15) is 4.79 Å². The van der Waals surface area contributed by atoms with Crippen LogP contribution in [0.4, 0.5) is 0 Å². The summed E-state index contributed by atoms with van der Waals surface area (Å²) in [7, 11) is 0. The van der Waals surface area contributed by atoms with Crippen molar-refractivity contribution >= 4 is 5.97 Å². The Morgan fingerprint density at radius 3 is 2.63 bits per heavy atom. The van der Waals surface area contributed by atoms with Crippen LogP contribution in [-0.4, -0.2) is 25.8 Å². The minimum Gasteiger partial charge on any atom is -0.460 e. The molecule has 0 aromatic heterocycles. The van der Waals surface area contributed by atoms with E-state index in [4.69, 9.17) is 15.2 Å². The molecule has 0 amide bonds. The van der Waals surface area contributed by atoms with Crippen LogP contribution >= 0.6 is 0 Å². The topological polar surface area (TPSA) is 61.5 Å². The zero-order valence-electron chi connectivity index (χ0n) is 11.3. The summed E-state index contributed by atoms with van der Waals surface area (Å²) in [6.45, 7) is 3.39. The number of carbonyl (C=O) groups excluding carboxylic acids is 1. The third kappa shape index (κ3) is 7.26. The molecule has 1 aromatic carbocycles. The van der Waals surface area contributed by atoms with Gasteiger partial charge in [0.2, 0.25) is 0 Å². The molecule has 104 valence electrons. The zero-order valence-corrected chi connectivity index (χ0v) is 11.3. The van der Waals surface area contributed by atoms with Crippen molar-refractivity contribution in [2.45, 2.75) is 19.8 Å². The number of hydrogen-bond acceptors (Lipinski definition) is 4. The van der Waals surface area contributed by atoms with Crippen molar-refractivity contribution < 1.29 is 14.3 Å². The summed E-state index contributed by atoms with van der Waals surface area (Å²) in [6.07, 6.45) is 2.83. The quantitative estimate of drug-likeness (QED) is 0.443. The Morgan fingerprint density at radius 1 is 1.21 bits per heavy atom. The van der Waals surface area contributed by atoms with Crippen LogP contribution in [0.1, 0.15) is 18.9 Å². The maximum Gasteiger partial charge on any atom is 0.332 e. The fraction of sp³-hybridized carbons (Fsp3) is 0.400. The van der Waals surface area contributed by atoms with Gasteiger partial charge in [-0.25, -0.2) is 4.79 Å². The highest BCUT2D eigenvalue weighted by atomic mass is 16.6. The SMILES string of the molecule is CCCOCCOC(=O)/C=C(/N)Cc1ccccc1. The number of rotatable bonds is 8. The first-order valence-electron chi connectivity index (χ1n) is 6.47. The molecule has 1 rings (SSSR count). The lowest BCUT2D eigenvalue weighted by Gasteiger charge is -2.04. The average molecular weight is 263 g/mol. The molecule has 0 saturated carbocycles. The van der Waals surface area contributed by atoms with Crippen LogP contribution in [0.3, 0.4) is 0 Å². The molecule has 0 spiro atoms. The lowest BCUT2D eigenvalue weighted by molar-refractivity contribution is -0.139. The second-order valence-electron chi connectivity index (χ2n) is 4.16. The number of allylic oxidation sites excluding steroid dienone is 1. The maximum absolute atomic E-state index is 11.4. The molecule has 0 atom stereocenters. The molecule has 0 aliphatic carbocycles. The summed E-state index contributed by atoms with van der Waals surface area (Å²) >= 11 is 0. The largest absolute Gasteiger partial charge is 0.460 e. The summed E-state index contributed by atoms with van der Waals surface area (Å²) in [5.74, 6) is -0.423. The van der Waals surface area contributed by atoms with Crippen LogP contribution in [0, 0.1) is 0 Å². The second-order valence-corrected chi connectivity index (χ2v) is 4.16. The van der Waals surface area contributed by atoms with Crippen molar-refractivity contribution in [2.75, 3.05) is 19.8 Å². The highest BCUT2D eigenvalue weighted by molar-refractivity contribution is 5.82. The Morgan fingerprint density at radius 2 is 1.95 bits per heavy atom. The van der Waals surface area contributed by atoms with Crippen LogP contribution in [0.15, 0.2) is 42.1 Å². The molecule has 4 nitrogen and oxygen atoms in total. The van der Waals surface area contributed by atoms with E-state index in [2.05, 4.69) is 0 Å². The van der Waals surface area contributed by atoms with Gasteiger partial charge in [0.05, 0.1) is 6.61 Å². The number of carbonyl (C=O) groups is 1. The number of hydrogen-bond donors (Lipinski definition) is 1. The molecule has 0 heterocycles. The summed E-state index contributed by atoms with van der Waals surface area (Å²) < 4.78 is 10.2. The molecule has 4 heteroatoms. The average Bonchev–Trinajstić information content (AvgIpc) is 2.39. The third-order valence-electron chi connectivity index (χ3n) is 2.37. The van der Waals surface area contributed by atoms with Gasteiger partial charge in [0.15, 0.2) is 0 Å². The van der Waals surface area contributed by atoms with Gasteiger partial charge in [-0.1, -0.05) is 37.3 Å². The summed E-state index contributed by atoms with van der Waals surface area (Å²) in [5.41, 5.74) is 7.34. The van der Waals surface area contributed by atoms with Crippen LogP contribution in [0.2, 0.25) is 0 Å². The zero-order chi connectivity index (χ0) is 13.9. The number of esters is 1. The molecule has 0 radical (unpaired) electrons. The minimum absolute atomic E-state index is 0.258. The smallest absolute Gasteiger partial charge is 0.332 e. The van der Waals surface area contributed by atoms with Crippen LogP contribution in [0.5, 0.6) is 0 Å². The maximum atomic E-state index is 11.4. The van der Waals surface area contributed by atoms with Crippen molar-refractivity contribution in [3.05, 3.63) is 47.7 Å². The summed E-state index contributed by atoms with van der Waals surface area (Å²) in [5, 5.41) is 0. The standard InChI is InChI=1S/C15H21NO3/c1-2-8-18-9-10-19-15(17)12-14(16)11-13-6-4-3-5-7-13/h3-7,12H,2,8-11,16H2,1H3/b14-12+. The van der Waals surface area contributed by atoms with Gasteiger partial charge in [-0.2, -0.15) is 0 Å². The van der Waals surface area contributed by atoms with Gasteiger partial charge < -0.3 is 15.2 Å². The van der Waals surface area contributed by atoms with E-state index in [-0.39, 0.29) is 6.61 Å². The van der Waals surface area contributed by atoms with Gasteiger partial charge >= 0.3 is 5.97 Å². The molecular weight excluding hydrogens is 242 g/mol. The molecule has 1 aromatic rings. The molecule has 0 fully saturated rings. The van der Waals surface area contributed by atoms with Gasteiger partial charge in [-0.15, -0.1) is 0 Å². The normalized spacial score (nSPS) is 11.3. The first kappa shape index (κ1) is 15.2. The van der Waals surface area contributed by atoms with E-state index in [0.717, 1.165) is 12.0 Å². The van der Waals surface area contributed by atoms with E-state index in [1.807, 2.05) is 37.3 Å². The monoisotopic (exact) mass is 263 g/mol. The Kier molecular flexibility index (Phi) is 7.35. The first-order valence-corrected chi connectivity index (χ1v) is 6.47. The highest BCUT2D eigenvalue weighted by Gasteiger charge is 2.01. The lowest BCUT2D eigenvalue weighted by Crippen LogP contribution is -2.11. The summed E-state index contributed by atoms with van der Waals surface area (Å²) in [4.78, 5) is 11.4. The predicted molar refractivity (Wildman–Crippen MR) is 74.5 cm³/mol. The molecule has 0 unspecified atom stereocenters.